The van der Waals surface area contributed by atoms with Crippen molar-refractivity contribution >= 4 is 22.8 Å². The van der Waals surface area contributed by atoms with Crippen LogP contribution in [-0.2, 0) is 35.5 Å². The van der Waals surface area contributed by atoms with Crippen molar-refractivity contribution in [3.05, 3.63) is 102 Å². The number of carbonyl (C=O) groups is 2. The Bertz CT molecular complexity index is 1360. The molecule has 0 aliphatic heterocycles. The molecular weight excluding hydrogens is 484 g/mol. The van der Waals surface area contributed by atoms with Gasteiger partial charge in [-0.05, 0) is 42.5 Å². The van der Waals surface area contributed by atoms with Gasteiger partial charge in [0.25, 0.3) is 0 Å². The minimum absolute atomic E-state index is 0.0314. The third-order valence-corrected chi connectivity index (χ3v) is 7.71. The van der Waals surface area contributed by atoms with E-state index < -0.39 is 0 Å². The van der Waals surface area contributed by atoms with Gasteiger partial charge >= 0.3 is 0 Å². The van der Waals surface area contributed by atoms with E-state index in [1.807, 2.05) is 72.8 Å². The van der Waals surface area contributed by atoms with Crippen LogP contribution in [-0.4, -0.2) is 38.9 Å². The highest BCUT2D eigenvalue weighted by molar-refractivity contribution is 5.81. The van der Waals surface area contributed by atoms with E-state index >= 15 is 0 Å². The number of amides is 2. The normalized spacial score (nSPS) is 13.8. The molecule has 1 N–H and O–H groups in total. The number of hydrogen-bond donors (Lipinski definition) is 1. The van der Waals surface area contributed by atoms with Crippen LogP contribution in [0.3, 0.4) is 0 Å². The molecule has 1 saturated carbocycles. The minimum Gasteiger partial charge on any atom is -0.356 e. The highest BCUT2D eigenvalue weighted by Gasteiger charge is 2.27. The lowest BCUT2D eigenvalue weighted by atomic mass is 9.93. The smallest absolute Gasteiger partial charge is 0.243 e. The number of hydrogen-bond acceptors (Lipinski definition) is 3. The molecule has 4 aromatic rings. The number of aromatic nitrogens is 2. The lowest BCUT2D eigenvalue weighted by Crippen LogP contribution is -2.42. The molecule has 1 aromatic heterocycles. The number of benzene rings is 3. The average molecular weight is 523 g/mol. The third-order valence-electron chi connectivity index (χ3n) is 7.71. The largest absolute Gasteiger partial charge is 0.356 e. The van der Waals surface area contributed by atoms with E-state index in [0.29, 0.717) is 25.9 Å². The van der Waals surface area contributed by atoms with Crippen LogP contribution in [0.4, 0.5) is 0 Å². The molecule has 1 aliphatic carbocycles. The Morgan fingerprint density at radius 2 is 1.49 bits per heavy atom. The standard InChI is InChI=1S/C33H38N4O2/c38-32(21-20-26-12-4-1-5-13-26)34-23-22-31-35-29-18-10-11-19-30(29)37(31)25-33(39)36(28-16-8-3-9-17-28)24-27-14-6-2-7-15-27/h1-2,4-7,10-15,18-19,28H,3,8-9,16-17,20-25H2,(H,34,38). The molecule has 6 nitrogen and oxygen atoms in total. The first-order valence-electron chi connectivity index (χ1n) is 14.3. The highest BCUT2D eigenvalue weighted by Crippen LogP contribution is 2.25. The molecule has 1 aliphatic rings. The van der Waals surface area contributed by atoms with Crippen molar-refractivity contribution in [1.29, 1.82) is 0 Å². The predicted octanol–water partition coefficient (Wildman–Crippen LogP) is 5.69. The van der Waals surface area contributed by atoms with Gasteiger partial charge in [-0.1, -0.05) is 92.1 Å². The molecule has 0 spiro atoms. The topological polar surface area (TPSA) is 67.2 Å². The molecule has 202 valence electrons. The van der Waals surface area contributed by atoms with Crippen molar-refractivity contribution in [3.8, 4) is 0 Å². The first-order valence-corrected chi connectivity index (χ1v) is 14.3. The molecule has 0 saturated heterocycles. The van der Waals surface area contributed by atoms with Crippen molar-refractivity contribution in [2.45, 2.75) is 70.5 Å². The summed E-state index contributed by atoms with van der Waals surface area (Å²) in [5.41, 5.74) is 4.15. The van der Waals surface area contributed by atoms with Crippen LogP contribution < -0.4 is 5.32 Å². The van der Waals surface area contributed by atoms with E-state index in [-0.39, 0.29) is 24.4 Å². The zero-order chi connectivity index (χ0) is 26.9. The fourth-order valence-electron chi connectivity index (χ4n) is 5.62. The van der Waals surface area contributed by atoms with E-state index in [4.69, 9.17) is 4.98 Å². The van der Waals surface area contributed by atoms with E-state index in [0.717, 1.165) is 47.2 Å². The molecule has 0 unspecified atom stereocenters. The first-order chi connectivity index (χ1) is 19.2. The predicted molar refractivity (Wildman–Crippen MR) is 155 cm³/mol. The molecule has 5 rings (SSSR count). The molecule has 1 heterocycles. The summed E-state index contributed by atoms with van der Waals surface area (Å²) in [5, 5.41) is 3.05. The second-order valence-electron chi connectivity index (χ2n) is 10.5. The molecule has 0 atom stereocenters. The van der Waals surface area contributed by atoms with Gasteiger partial charge in [0.1, 0.15) is 12.4 Å². The maximum atomic E-state index is 13.9. The number of para-hydroxylation sites is 2. The SMILES string of the molecule is O=C(CCc1ccccc1)NCCc1nc2ccccc2n1CC(=O)N(Cc1ccccc1)C1CCCCC1. The summed E-state index contributed by atoms with van der Waals surface area (Å²) in [6.07, 6.45) is 7.46. The molecule has 0 bridgehead atoms. The number of carbonyl (C=O) groups excluding carboxylic acids is 2. The van der Waals surface area contributed by atoms with E-state index in [2.05, 4.69) is 26.9 Å². The summed E-state index contributed by atoms with van der Waals surface area (Å²) in [7, 11) is 0. The maximum absolute atomic E-state index is 13.9. The van der Waals surface area contributed by atoms with Gasteiger partial charge in [0.2, 0.25) is 11.8 Å². The van der Waals surface area contributed by atoms with Gasteiger partial charge in [0.15, 0.2) is 0 Å². The van der Waals surface area contributed by atoms with Crippen LogP contribution >= 0.6 is 0 Å². The molecule has 3 aromatic carbocycles. The molecule has 6 heteroatoms. The van der Waals surface area contributed by atoms with Crippen LogP contribution in [0, 0.1) is 0 Å². The molecule has 2 amide bonds. The zero-order valence-electron chi connectivity index (χ0n) is 22.6. The summed E-state index contributed by atoms with van der Waals surface area (Å²) in [6.45, 7) is 1.37. The fourth-order valence-corrected chi connectivity index (χ4v) is 5.62. The minimum atomic E-state index is 0.0314. The fraction of sp³-hybridized carbons (Fsp3) is 0.364. The van der Waals surface area contributed by atoms with E-state index in [1.54, 1.807) is 0 Å². The summed E-state index contributed by atoms with van der Waals surface area (Å²) >= 11 is 0. The Morgan fingerprint density at radius 3 is 2.23 bits per heavy atom. The number of fused-ring (bicyclic) bond motifs is 1. The summed E-state index contributed by atoms with van der Waals surface area (Å²) in [6, 6.07) is 28.6. The molecule has 1 fully saturated rings. The number of aryl methyl sites for hydroxylation is 1. The van der Waals surface area contributed by atoms with Crippen LogP contribution in [0.2, 0.25) is 0 Å². The highest BCUT2D eigenvalue weighted by atomic mass is 16.2. The van der Waals surface area contributed by atoms with E-state index in [1.165, 1.54) is 19.3 Å². The van der Waals surface area contributed by atoms with Gasteiger partial charge in [0.05, 0.1) is 11.0 Å². The molecule has 39 heavy (non-hydrogen) atoms. The Balaban J connectivity index is 1.28. The van der Waals surface area contributed by atoms with Gasteiger partial charge in [-0.25, -0.2) is 4.98 Å². The Hall–Kier alpha value is -3.93. The van der Waals surface area contributed by atoms with Crippen LogP contribution in [0.1, 0.15) is 55.5 Å². The van der Waals surface area contributed by atoms with Crippen molar-refractivity contribution in [2.75, 3.05) is 6.54 Å². The zero-order valence-corrected chi connectivity index (χ0v) is 22.6. The quantitative estimate of drug-likeness (QED) is 0.275. The lowest BCUT2D eigenvalue weighted by Gasteiger charge is -2.35. The monoisotopic (exact) mass is 522 g/mol. The average Bonchev–Trinajstić information content (AvgIpc) is 3.33. The van der Waals surface area contributed by atoms with E-state index in [9.17, 15) is 9.59 Å². The second-order valence-corrected chi connectivity index (χ2v) is 10.5. The Kier molecular flexibility index (Phi) is 9.05. The van der Waals surface area contributed by atoms with Crippen molar-refractivity contribution in [1.82, 2.24) is 19.8 Å². The van der Waals surface area contributed by atoms with Gasteiger partial charge in [0, 0.05) is 32.0 Å². The van der Waals surface area contributed by atoms with Crippen LogP contribution in [0.15, 0.2) is 84.9 Å². The number of rotatable bonds is 11. The lowest BCUT2D eigenvalue weighted by molar-refractivity contribution is -0.135. The van der Waals surface area contributed by atoms with Gasteiger partial charge < -0.3 is 14.8 Å². The first kappa shape index (κ1) is 26.7. The Morgan fingerprint density at radius 1 is 0.821 bits per heavy atom. The van der Waals surface area contributed by atoms with Crippen LogP contribution in [0.25, 0.3) is 11.0 Å². The summed E-state index contributed by atoms with van der Waals surface area (Å²) in [5.74, 6) is 0.988. The number of nitrogens with one attached hydrogen (secondary N) is 1. The summed E-state index contributed by atoms with van der Waals surface area (Å²) < 4.78 is 2.05. The van der Waals surface area contributed by atoms with Crippen LogP contribution in [0.5, 0.6) is 0 Å². The number of nitrogens with zero attached hydrogens (tertiary/aromatic N) is 3. The Labute approximate surface area is 231 Å². The molecular formula is C33H38N4O2. The van der Waals surface area contributed by atoms with Gasteiger partial charge in [-0.2, -0.15) is 0 Å². The summed E-state index contributed by atoms with van der Waals surface area (Å²) in [4.78, 5) is 33.3. The van der Waals surface area contributed by atoms with Gasteiger partial charge in [-0.3, -0.25) is 9.59 Å². The van der Waals surface area contributed by atoms with Crippen molar-refractivity contribution in [2.24, 2.45) is 0 Å². The van der Waals surface area contributed by atoms with Crippen molar-refractivity contribution in [3.63, 3.8) is 0 Å². The van der Waals surface area contributed by atoms with Crippen molar-refractivity contribution < 1.29 is 9.59 Å². The second kappa shape index (κ2) is 13.2. The molecule has 0 radical (unpaired) electrons. The van der Waals surface area contributed by atoms with Gasteiger partial charge in [-0.15, -0.1) is 0 Å². The number of imidazole rings is 1. The maximum Gasteiger partial charge on any atom is 0.243 e. The third kappa shape index (κ3) is 7.14.